The summed E-state index contributed by atoms with van der Waals surface area (Å²) < 4.78 is 5.24. The van der Waals surface area contributed by atoms with Gasteiger partial charge in [-0.3, -0.25) is 10.1 Å². The molecule has 0 fully saturated rings. The van der Waals surface area contributed by atoms with Crippen LogP contribution >= 0.6 is 22.9 Å². The Hall–Kier alpha value is -2.44. The summed E-state index contributed by atoms with van der Waals surface area (Å²) in [5.74, 6) is 0.395. The number of aryl methyl sites for hydroxylation is 1. The molecule has 0 saturated heterocycles. The second kappa shape index (κ2) is 6.98. The average molecular weight is 360 g/mol. The van der Waals surface area contributed by atoms with Gasteiger partial charge >= 0.3 is 0 Å². The van der Waals surface area contributed by atoms with Gasteiger partial charge in [0.1, 0.15) is 5.75 Å². The number of methoxy groups -OCH3 is 1. The van der Waals surface area contributed by atoms with E-state index in [0.29, 0.717) is 26.5 Å². The Labute approximate surface area is 148 Å². The van der Waals surface area contributed by atoms with Crippen LogP contribution in [0.3, 0.4) is 0 Å². The summed E-state index contributed by atoms with van der Waals surface area (Å²) in [6.07, 6.45) is 0. The number of aromatic nitrogens is 2. The summed E-state index contributed by atoms with van der Waals surface area (Å²) in [5, 5.41) is 12.5. The van der Waals surface area contributed by atoms with Gasteiger partial charge in [0.05, 0.1) is 12.1 Å². The number of hydrogen-bond donors (Lipinski definition) is 1. The standard InChI is InChI=1S/C17H14ClN3O2S/c1-10-7-8-11(9-14(10)23-2)15(22)19-17-21-20-16(24-17)12-5-3-4-6-13(12)18/h3-9H,1-2H3,(H,19,21,22). The minimum absolute atomic E-state index is 0.268. The second-order valence-electron chi connectivity index (χ2n) is 5.03. The molecular weight excluding hydrogens is 346 g/mol. The van der Waals surface area contributed by atoms with E-state index in [1.165, 1.54) is 11.3 Å². The van der Waals surface area contributed by atoms with Crippen molar-refractivity contribution in [3.05, 3.63) is 58.6 Å². The summed E-state index contributed by atoms with van der Waals surface area (Å²) in [5.41, 5.74) is 2.24. The van der Waals surface area contributed by atoms with Gasteiger partial charge in [-0.05, 0) is 30.7 Å². The van der Waals surface area contributed by atoms with Crippen LogP contribution in [-0.2, 0) is 0 Å². The molecule has 1 aromatic heterocycles. The van der Waals surface area contributed by atoms with Crippen molar-refractivity contribution in [2.75, 3.05) is 12.4 Å². The topological polar surface area (TPSA) is 64.1 Å². The lowest BCUT2D eigenvalue weighted by atomic mass is 10.1. The molecule has 0 unspecified atom stereocenters. The molecule has 1 heterocycles. The lowest BCUT2D eigenvalue weighted by molar-refractivity contribution is 0.102. The van der Waals surface area contributed by atoms with Crippen LogP contribution in [0.1, 0.15) is 15.9 Å². The molecule has 0 aliphatic rings. The minimum Gasteiger partial charge on any atom is -0.496 e. The first kappa shape index (κ1) is 16.4. The lowest BCUT2D eigenvalue weighted by Gasteiger charge is -2.07. The van der Waals surface area contributed by atoms with E-state index in [-0.39, 0.29) is 5.91 Å². The number of rotatable bonds is 4. The largest absolute Gasteiger partial charge is 0.496 e. The van der Waals surface area contributed by atoms with Gasteiger partial charge in [0.15, 0.2) is 5.01 Å². The van der Waals surface area contributed by atoms with Crippen LogP contribution < -0.4 is 10.1 Å². The highest BCUT2D eigenvalue weighted by atomic mass is 35.5. The number of nitrogens with zero attached hydrogens (tertiary/aromatic N) is 2. The molecule has 24 heavy (non-hydrogen) atoms. The van der Waals surface area contributed by atoms with Gasteiger partial charge in [-0.25, -0.2) is 0 Å². The summed E-state index contributed by atoms with van der Waals surface area (Å²) >= 11 is 7.42. The number of hydrogen-bond acceptors (Lipinski definition) is 5. The quantitative estimate of drug-likeness (QED) is 0.748. The fourth-order valence-corrected chi connectivity index (χ4v) is 3.21. The molecule has 5 nitrogen and oxygen atoms in total. The van der Waals surface area contributed by atoms with E-state index in [4.69, 9.17) is 16.3 Å². The van der Waals surface area contributed by atoms with Gasteiger partial charge in [0.2, 0.25) is 5.13 Å². The van der Waals surface area contributed by atoms with E-state index in [1.54, 1.807) is 25.3 Å². The molecule has 3 rings (SSSR count). The monoisotopic (exact) mass is 359 g/mol. The van der Waals surface area contributed by atoms with Gasteiger partial charge in [-0.2, -0.15) is 0 Å². The molecule has 3 aromatic rings. The van der Waals surface area contributed by atoms with E-state index < -0.39 is 0 Å². The number of carbonyl (C=O) groups is 1. The number of amides is 1. The molecular formula is C17H14ClN3O2S. The smallest absolute Gasteiger partial charge is 0.257 e. The predicted molar refractivity (Wildman–Crippen MR) is 96.0 cm³/mol. The lowest BCUT2D eigenvalue weighted by Crippen LogP contribution is -2.12. The summed E-state index contributed by atoms with van der Waals surface area (Å²) in [7, 11) is 1.57. The first-order chi connectivity index (χ1) is 11.6. The first-order valence-electron chi connectivity index (χ1n) is 7.13. The van der Waals surface area contributed by atoms with Crippen molar-refractivity contribution in [2.24, 2.45) is 0 Å². The van der Waals surface area contributed by atoms with Crippen LogP contribution in [0.5, 0.6) is 5.75 Å². The van der Waals surface area contributed by atoms with Crippen molar-refractivity contribution in [2.45, 2.75) is 6.92 Å². The summed E-state index contributed by atoms with van der Waals surface area (Å²) in [6, 6.07) is 12.6. The molecule has 0 radical (unpaired) electrons. The van der Waals surface area contributed by atoms with E-state index in [2.05, 4.69) is 15.5 Å². The maximum Gasteiger partial charge on any atom is 0.257 e. The van der Waals surface area contributed by atoms with Gasteiger partial charge in [0, 0.05) is 11.1 Å². The van der Waals surface area contributed by atoms with Crippen molar-refractivity contribution in [3.8, 4) is 16.3 Å². The van der Waals surface area contributed by atoms with Crippen molar-refractivity contribution in [1.82, 2.24) is 10.2 Å². The Bertz CT molecular complexity index is 895. The number of benzene rings is 2. The van der Waals surface area contributed by atoms with Crippen molar-refractivity contribution in [3.63, 3.8) is 0 Å². The molecule has 0 aliphatic carbocycles. The summed E-state index contributed by atoms with van der Waals surface area (Å²) in [4.78, 5) is 12.4. The maximum absolute atomic E-state index is 12.4. The zero-order valence-corrected chi connectivity index (χ0v) is 14.6. The highest BCUT2D eigenvalue weighted by molar-refractivity contribution is 7.18. The number of carbonyl (C=O) groups excluding carboxylic acids is 1. The molecule has 0 bridgehead atoms. The Morgan fingerprint density at radius 1 is 1.21 bits per heavy atom. The Morgan fingerprint density at radius 3 is 2.75 bits per heavy atom. The van der Waals surface area contributed by atoms with Crippen LogP contribution in [-0.4, -0.2) is 23.2 Å². The van der Waals surface area contributed by atoms with E-state index >= 15 is 0 Å². The molecule has 1 N–H and O–H groups in total. The van der Waals surface area contributed by atoms with Gasteiger partial charge in [-0.1, -0.05) is 47.2 Å². The Kier molecular flexibility index (Phi) is 4.78. The average Bonchev–Trinajstić information content (AvgIpc) is 3.03. The fraction of sp³-hybridized carbons (Fsp3) is 0.118. The van der Waals surface area contributed by atoms with E-state index in [0.717, 1.165) is 11.1 Å². The van der Waals surface area contributed by atoms with Gasteiger partial charge in [0.25, 0.3) is 5.91 Å². The highest BCUT2D eigenvalue weighted by Crippen LogP contribution is 2.31. The molecule has 2 aromatic carbocycles. The van der Waals surface area contributed by atoms with Crippen molar-refractivity contribution in [1.29, 1.82) is 0 Å². The van der Waals surface area contributed by atoms with Gasteiger partial charge < -0.3 is 4.74 Å². The van der Waals surface area contributed by atoms with E-state index in [1.807, 2.05) is 31.2 Å². The van der Waals surface area contributed by atoms with Crippen LogP contribution in [0.25, 0.3) is 10.6 Å². The van der Waals surface area contributed by atoms with E-state index in [9.17, 15) is 4.79 Å². The maximum atomic E-state index is 12.4. The molecule has 0 atom stereocenters. The molecule has 1 amide bonds. The Balaban J connectivity index is 1.80. The third-order valence-corrected chi connectivity index (χ3v) is 4.62. The first-order valence-corrected chi connectivity index (χ1v) is 8.32. The fourth-order valence-electron chi connectivity index (χ4n) is 2.15. The predicted octanol–water partition coefficient (Wildman–Crippen LogP) is 4.43. The van der Waals surface area contributed by atoms with Crippen LogP contribution in [0.2, 0.25) is 5.02 Å². The minimum atomic E-state index is -0.268. The Morgan fingerprint density at radius 2 is 2.00 bits per heavy atom. The number of halogens is 1. The molecule has 0 saturated carbocycles. The zero-order chi connectivity index (χ0) is 17.1. The summed E-state index contributed by atoms with van der Waals surface area (Å²) in [6.45, 7) is 1.92. The van der Waals surface area contributed by atoms with Gasteiger partial charge in [-0.15, -0.1) is 10.2 Å². The van der Waals surface area contributed by atoms with Crippen molar-refractivity contribution >= 4 is 34.0 Å². The SMILES string of the molecule is COc1cc(C(=O)Nc2nnc(-c3ccccc3Cl)s2)ccc1C. The second-order valence-corrected chi connectivity index (χ2v) is 6.42. The third-order valence-electron chi connectivity index (χ3n) is 3.42. The number of anilines is 1. The zero-order valence-electron chi connectivity index (χ0n) is 13.0. The van der Waals surface area contributed by atoms with Crippen LogP contribution in [0.4, 0.5) is 5.13 Å². The number of ether oxygens (including phenoxy) is 1. The molecule has 0 spiro atoms. The normalized spacial score (nSPS) is 10.5. The third kappa shape index (κ3) is 3.39. The number of nitrogens with one attached hydrogen (secondary N) is 1. The van der Waals surface area contributed by atoms with Crippen LogP contribution in [0.15, 0.2) is 42.5 Å². The molecule has 0 aliphatic heterocycles. The van der Waals surface area contributed by atoms with Crippen LogP contribution in [0, 0.1) is 6.92 Å². The highest BCUT2D eigenvalue weighted by Gasteiger charge is 2.14. The molecule has 122 valence electrons. The van der Waals surface area contributed by atoms with Crippen molar-refractivity contribution < 1.29 is 9.53 Å². The molecule has 7 heteroatoms.